The van der Waals surface area contributed by atoms with Crippen LogP contribution in [0, 0.1) is 0 Å². The van der Waals surface area contributed by atoms with Crippen molar-refractivity contribution >= 4 is 28.9 Å². The number of amides is 1. The number of methoxy groups -OCH3 is 1. The van der Waals surface area contributed by atoms with Gasteiger partial charge in [0.2, 0.25) is 5.91 Å². The number of nitrogens with one attached hydrogen (secondary N) is 2. The van der Waals surface area contributed by atoms with E-state index in [0.717, 1.165) is 12.1 Å². The minimum Gasteiger partial charge on any atom is -0.497 e. The van der Waals surface area contributed by atoms with Crippen LogP contribution in [0.2, 0.25) is 5.02 Å². The fourth-order valence-corrected chi connectivity index (χ4v) is 2.16. The van der Waals surface area contributed by atoms with E-state index >= 15 is 0 Å². The summed E-state index contributed by atoms with van der Waals surface area (Å²) in [6.45, 7) is 2.22. The Bertz CT molecular complexity index is 642. The quantitative estimate of drug-likeness (QED) is 0.847. The van der Waals surface area contributed by atoms with Crippen LogP contribution >= 0.6 is 11.6 Å². The molecular formula is C17H19ClN2O2. The summed E-state index contributed by atoms with van der Waals surface area (Å²) in [6.07, 6.45) is 0.976. The Morgan fingerprint density at radius 2 is 1.91 bits per heavy atom. The first-order valence-electron chi connectivity index (χ1n) is 7.08. The van der Waals surface area contributed by atoms with Crippen molar-refractivity contribution in [2.45, 2.75) is 13.3 Å². The van der Waals surface area contributed by atoms with E-state index in [2.05, 4.69) is 17.6 Å². The molecule has 0 bridgehead atoms. The fourth-order valence-electron chi connectivity index (χ4n) is 1.97. The molecule has 0 aliphatic heterocycles. The zero-order valence-corrected chi connectivity index (χ0v) is 13.4. The summed E-state index contributed by atoms with van der Waals surface area (Å²) >= 11 is 6.08. The molecule has 22 heavy (non-hydrogen) atoms. The summed E-state index contributed by atoms with van der Waals surface area (Å²) in [5, 5.41) is 6.38. The van der Waals surface area contributed by atoms with Crippen LogP contribution in [-0.4, -0.2) is 19.6 Å². The number of rotatable bonds is 6. The van der Waals surface area contributed by atoms with Gasteiger partial charge < -0.3 is 15.4 Å². The van der Waals surface area contributed by atoms with Crippen molar-refractivity contribution in [2.24, 2.45) is 0 Å². The molecule has 4 nitrogen and oxygen atoms in total. The third-order valence-electron chi connectivity index (χ3n) is 3.26. The normalized spacial score (nSPS) is 10.1. The molecule has 0 heterocycles. The molecule has 2 N–H and O–H groups in total. The van der Waals surface area contributed by atoms with E-state index in [9.17, 15) is 4.79 Å². The predicted molar refractivity (Wildman–Crippen MR) is 90.9 cm³/mol. The topological polar surface area (TPSA) is 50.4 Å². The number of aryl methyl sites for hydroxylation is 1. The smallest absolute Gasteiger partial charge is 0.243 e. The monoisotopic (exact) mass is 318 g/mol. The van der Waals surface area contributed by atoms with Crippen molar-refractivity contribution in [3.8, 4) is 5.75 Å². The van der Waals surface area contributed by atoms with Crippen LogP contribution in [0.1, 0.15) is 12.5 Å². The number of carbonyl (C=O) groups excluding carboxylic acids is 1. The van der Waals surface area contributed by atoms with Gasteiger partial charge in [-0.25, -0.2) is 0 Å². The number of hydrogen-bond donors (Lipinski definition) is 2. The summed E-state index contributed by atoms with van der Waals surface area (Å²) in [6, 6.07) is 13.0. The average Bonchev–Trinajstić information content (AvgIpc) is 2.55. The lowest BCUT2D eigenvalue weighted by atomic mass is 10.1. The summed E-state index contributed by atoms with van der Waals surface area (Å²) < 4.78 is 5.13. The number of halogens is 1. The molecule has 0 aliphatic carbocycles. The van der Waals surface area contributed by atoms with Crippen molar-refractivity contribution in [1.29, 1.82) is 0 Å². The third kappa shape index (κ3) is 4.40. The van der Waals surface area contributed by atoms with E-state index in [1.165, 1.54) is 5.56 Å². The molecule has 2 aromatic rings. The minimum absolute atomic E-state index is 0.127. The standard InChI is InChI=1S/C17H19ClN2O2/c1-3-12-4-6-13(7-5-12)20-17(21)11-19-16-10-14(22-2)8-9-15(16)18/h4-10,19H,3,11H2,1-2H3,(H,20,21). The second-order valence-corrected chi connectivity index (χ2v) is 5.21. The first kappa shape index (κ1) is 16.2. The Morgan fingerprint density at radius 3 is 2.55 bits per heavy atom. The van der Waals surface area contributed by atoms with Crippen molar-refractivity contribution in [3.63, 3.8) is 0 Å². The maximum absolute atomic E-state index is 12.0. The van der Waals surface area contributed by atoms with Gasteiger partial charge in [-0.3, -0.25) is 4.79 Å². The van der Waals surface area contributed by atoms with Gasteiger partial charge in [-0.05, 0) is 36.2 Å². The van der Waals surface area contributed by atoms with E-state index in [1.807, 2.05) is 24.3 Å². The molecule has 0 aromatic heterocycles. The number of carbonyl (C=O) groups is 1. The largest absolute Gasteiger partial charge is 0.497 e. The second kappa shape index (κ2) is 7.71. The van der Waals surface area contributed by atoms with Gasteiger partial charge >= 0.3 is 0 Å². The molecule has 0 unspecified atom stereocenters. The van der Waals surface area contributed by atoms with Crippen LogP contribution < -0.4 is 15.4 Å². The van der Waals surface area contributed by atoms with Gasteiger partial charge in [0.1, 0.15) is 5.75 Å². The van der Waals surface area contributed by atoms with Crippen molar-refractivity contribution in [1.82, 2.24) is 0 Å². The number of benzene rings is 2. The Balaban J connectivity index is 1.92. The molecule has 0 atom stereocenters. The fraction of sp³-hybridized carbons (Fsp3) is 0.235. The molecule has 0 saturated carbocycles. The van der Waals surface area contributed by atoms with Gasteiger partial charge in [0.15, 0.2) is 0 Å². The first-order valence-corrected chi connectivity index (χ1v) is 7.46. The molecule has 116 valence electrons. The van der Waals surface area contributed by atoms with Crippen LogP contribution in [0.15, 0.2) is 42.5 Å². The highest BCUT2D eigenvalue weighted by Gasteiger charge is 2.06. The maximum atomic E-state index is 12.0. The van der Waals surface area contributed by atoms with Gasteiger partial charge in [0, 0.05) is 11.8 Å². The lowest BCUT2D eigenvalue weighted by Gasteiger charge is -2.11. The number of anilines is 2. The van der Waals surface area contributed by atoms with Crippen molar-refractivity contribution in [3.05, 3.63) is 53.1 Å². The van der Waals surface area contributed by atoms with E-state index in [0.29, 0.717) is 16.5 Å². The van der Waals surface area contributed by atoms with Gasteiger partial charge in [-0.15, -0.1) is 0 Å². The van der Waals surface area contributed by atoms with Crippen LogP contribution in [0.4, 0.5) is 11.4 Å². The summed E-state index contributed by atoms with van der Waals surface area (Å²) in [5.41, 5.74) is 2.68. The summed E-state index contributed by atoms with van der Waals surface area (Å²) in [7, 11) is 1.58. The molecule has 0 saturated heterocycles. The van der Waals surface area contributed by atoms with E-state index in [4.69, 9.17) is 16.3 Å². The molecule has 2 rings (SSSR count). The van der Waals surface area contributed by atoms with Gasteiger partial charge in [-0.1, -0.05) is 30.7 Å². The summed E-state index contributed by atoms with van der Waals surface area (Å²) in [5.74, 6) is 0.547. The zero-order valence-electron chi connectivity index (χ0n) is 12.7. The Labute approximate surface area is 135 Å². The Morgan fingerprint density at radius 1 is 1.18 bits per heavy atom. The molecule has 0 aliphatic rings. The van der Waals surface area contributed by atoms with E-state index in [-0.39, 0.29) is 12.5 Å². The van der Waals surface area contributed by atoms with Gasteiger partial charge in [0.25, 0.3) is 0 Å². The molecule has 5 heteroatoms. The van der Waals surface area contributed by atoms with Crippen molar-refractivity contribution < 1.29 is 9.53 Å². The second-order valence-electron chi connectivity index (χ2n) is 4.80. The average molecular weight is 319 g/mol. The molecule has 2 aromatic carbocycles. The highest BCUT2D eigenvalue weighted by atomic mass is 35.5. The highest BCUT2D eigenvalue weighted by Crippen LogP contribution is 2.26. The first-order chi connectivity index (χ1) is 10.6. The van der Waals surface area contributed by atoms with Crippen LogP contribution in [0.3, 0.4) is 0 Å². The number of ether oxygens (including phenoxy) is 1. The van der Waals surface area contributed by atoms with Crippen molar-refractivity contribution in [2.75, 3.05) is 24.3 Å². The van der Waals surface area contributed by atoms with E-state index in [1.54, 1.807) is 25.3 Å². The van der Waals surface area contributed by atoms with E-state index < -0.39 is 0 Å². The lowest BCUT2D eigenvalue weighted by Crippen LogP contribution is -2.21. The Kier molecular flexibility index (Phi) is 5.67. The molecule has 0 spiro atoms. The van der Waals surface area contributed by atoms with Crippen LogP contribution in [0.25, 0.3) is 0 Å². The highest BCUT2D eigenvalue weighted by molar-refractivity contribution is 6.33. The number of hydrogen-bond acceptors (Lipinski definition) is 3. The molecule has 0 fully saturated rings. The maximum Gasteiger partial charge on any atom is 0.243 e. The lowest BCUT2D eigenvalue weighted by molar-refractivity contribution is -0.114. The SMILES string of the molecule is CCc1ccc(NC(=O)CNc2cc(OC)ccc2Cl)cc1. The van der Waals surface area contributed by atoms with Crippen LogP contribution in [-0.2, 0) is 11.2 Å². The third-order valence-corrected chi connectivity index (χ3v) is 3.59. The molecule has 1 amide bonds. The summed E-state index contributed by atoms with van der Waals surface area (Å²) in [4.78, 5) is 12.0. The molecular weight excluding hydrogens is 300 g/mol. The predicted octanol–water partition coefficient (Wildman–Crippen LogP) is 3.96. The molecule has 0 radical (unpaired) electrons. The minimum atomic E-state index is -0.136. The zero-order chi connectivity index (χ0) is 15.9. The van der Waals surface area contributed by atoms with Gasteiger partial charge in [-0.2, -0.15) is 0 Å². The van der Waals surface area contributed by atoms with Crippen LogP contribution in [0.5, 0.6) is 5.75 Å². The Hall–Kier alpha value is -2.20. The van der Waals surface area contributed by atoms with Gasteiger partial charge in [0.05, 0.1) is 24.4 Å².